The normalized spacial score (nSPS) is 16.5. The minimum atomic E-state index is -4.53. The van der Waals surface area contributed by atoms with E-state index >= 15 is 0 Å². The van der Waals surface area contributed by atoms with Crippen molar-refractivity contribution >= 4 is 39.7 Å². The lowest BCUT2D eigenvalue weighted by Crippen LogP contribution is -2.13. The highest BCUT2D eigenvalue weighted by molar-refractivity contribution is 9.12. The fourth-order valence-corrected chi connectivity index (χ4v) is 4.35. The largest absolute Gasteiger partial charge is 0.756 e. The van der Waals surface area contributed by atoms with Crippen LogP contribution < -0.4 is 4.89 Å². The Labute approximate surface area is 171 Å². The molecule has 0 spiro atoms. The molecule has 0 aromatic carbocycles. The number of hydrogen-bond acceptors (Lipinski definition) is 3. The second-order valence-electron chi connectivity index (χ2n) is 6.80. The zero-order chi connectivity index (χ0) is 19.0. The zero-order valence-corrected chi connectivity index (χ0v) is 19.7. The predicted octanol–water partition coefficient (Wildman–Crippen LogP) is 6.47. The summed E-state index contributed by atoms with van der Waals surface area (Å²) in [7, 11) is -4.53. The van der Waals surface area contributed by atoms with Gasteiger partial charge in [-0.05, 0) is 19.3 Å². The van der Waals surface area contributed by atoms with Crippen LogP contribution in [-0.2, 0) is 9.09 Å². The molecule has 3 atom stereocenters. The quantitative estimate of drug-likeness (QED) is 0.131. The van der Waals surface area contributed by atoms with Gasteiger partial charge in [-0.3, -0.25) is 4.57 Å². The summed E-state index contributed by atoms with van der Waals surface area (Å²) in [5.74, 6) is 0. The Hall–Kier alpha value is 1.07. The van der Waals surface area contributed by atoms with Crippen LogP contribution in [0.4, 0.5) is 0 Å². The lowest BCUT2D eigenvalue weighted by molar-refractivity contribution is -0.219. The van der Waals surface area contributed by atoms with Gasteiger partial charge in [-0.2, -0.15) is 0 Å². The molecule has 0 aliphatic heterocycles. The molecule has 0 aromatic heterocycles. The van der Waals surface area contributed by atoms with Gasteiger partial charge in [-0.15, -0.1) is 0 Å². The molecule has 0 saturated carbocycles. The number of phosphoric acid groups is 1. The minimum absolute atomic E-state index is 0.0878. The minimum Gasteiger partial charge on any atom is -0.756 e. The van der Waals surface area contributed by atoms with Crippen molar-refractivity contribution < 1.29 is 18.9 Å². The molecule has 0 rings (SSSR count). The molecule has 0 aliphatic rings. The number of alkyl halides is 2. The molecule has 0 radical (unpaired) electrons. The lowest BCUT2D eigenvalue weighted by atomic mass is 10.0. The average Bonchev–Trinajstić information content (AvgIpc) is 2.55. The first-order valence-corrected chi connectivity index (χ1v) is 13.2. The number of halogens is 2. The third kappa shape index (κ3) is 19.6. The summed E-state index contributed by atoms with van der Waals surface area (Å²) in [6.07, 6.45) is 16.8. The summed E-state index contributed by atoms with van der Waals surface area (Å²) in [4.78, 5) is 20.0. The maximum Gasteiger partial charge on any atom is 0.265 e. The second-order valence-corrected chi connectivity index (χ2v) is 10.3. The monoisotopic (exact) mass is 505 g/mol. The van der Waals surface area contributed by atoms with Crippen LogP contribution in [0, 0.1) is 0 Å². The maximum atomic E-state index is 10.4. The average molecular weight is 507 g/mol. The topological polar surface area (TPSA) is 69.6 Å². The Bertz CT molecular complexity index is 339. The van der Waals surface area contributed by atoms with Crippen LogP contribution in [0.25, 0.3) is 0 Å². The molecule has 1 N–H and O–H groups in total. The van der Waals surface area contributed by atoms with Crippen LogP contribution in [0.15, 0.2) is 0 Å². The van der Waals surface area contributed by atoms with Gasteiger partial charge in [0.15, 0.2) is 0 Å². The van der Waals surface area contributed by atoms with E-state index in [1.165, 1.54) is 64.2 Å². The third-order valence-corrected chi connectivity index (χ3v) is 7.76. The first-order chi connectivity index (χ1) is 11.9. The summed E-state index contributed by atoms with van der Waals surface area (Å²) in [6, 6.07) is 0. The molecule has 0 saturated heterocycles. The molecule has 152 valence electrons. The van der Waals surface area contributed by atoms with E-state index in [0.29, 0.717) is 16.1 Å². The lowest BCUT2D eigenvalue weighted by Gasteiger charge is -2.16. The van der Waals surface area contributed by atoms with Gasteiger partial charge in [0.05, 0.1) is 6.61 Å². The van der Waals surface area contributed by atoms with Crippen molar-refractivity contribution in [2.24, 2.45) is 0 Å². The fraction of sp³-hybridized carbons (Fsp3) is 1.00. The van der Waals surface area contributed by atoms with Crippen LogP contribution in [0.2, 0.25) is 0 Å². The summed E-state index contributed by atoms with van der Waals surface area (Å²) in [6.45, 7) is 2.34. The summed E-state index contributed by atoms with van der Waals surface area (Å²) in [5.41, 5.74) is 0. The highest BCUT2D eigenvalue weighted by Crippen LogP contribution is 2.30. The van der Waals surface area contributed by atoms with E-state index in [4.69, 9.17) is 4.89 Å². The van der Waals surface area contributed by atoms with E-state index in [0.717, 1.165) is 19.3 Å². The molecule has 0 fully saturated rings. The zero-order valence-electron chi connectivity index (χ0n) is 15.6. The van der Waals surface area contributed by atoms with Gasteiger partial charge in [0.1, 0.15) is 0 Å². The molecule has 0 aromatic rings. The Morgan fingerprint density at radius 3 is 1.68 bits per heavy atom. The smallest absolute Gasteiger partial charge is 0.265 e. The van der Waals surface area contributed by atoms with E-state index < -0.39 is 7.82 Å². The highest BCUT2D eigenvalue weighted by Gasteiger charge is 2.14. The molecule has 25 heavy (non-hydrogen) atoms. The molecule has 0 aliphatic carbocycles. The number of hydrogen-bond donors (Lipinski definition) is 1. The molecule has 0 heterocycles. The van der Waals surface area contributed by atoms with Crippen LogP contribution in [0.1, 0.15) is 96.8 Å². The van der Waals surface area contributed by atoms with Gasteiger partial charge in [-0.1, -0.05) is 109 Å². The molecule has 3 unspecified atom stereocenters. The molecule has 0 amide bonds. The second kappa shape index (κ2) is 17.2. The van der Waals surface area contributed by atoms with Crippen molar-refractivity contribution in [3.63, 3.8) is 0 Å². The van der Waals surface area contributed by atoms with Crippen molar-refractivity contribution in [1.82, 2.24) is 0 Å². The van der Waals surface area contributed by atoms with Gasteiger partial charge in [0.25, 0.3) is 7.82 Å². The van der Waals surface area contributed by atoms with Crippen molar-refractivity contribution in [2.75, 3.05) is 6.61 Å². The number of unbranched alkanes of at least 4 members (excludes halogenated alkanes) is 10. The Morgan fingerprint density at radius 2 is 1.24 bits per heavy atom. The Morgan fingerprint density at radius 1 is 0.840 bits per heavy atom. The van der Waals surface area contributed by atoms with E-state index in [1.807, 2.05) is 0 Å². The first kappa shape index (κ1) is 26.1. The molecule has 4 nitrogen and oxygen atoms in total. The summed E-state index contributed by atoms with van der Waals surface area (Å²) < 4.78 is 14.7. The van der Waals surface area contributed by atoms with E-state index in [2.05, 4.69) is 43.3 Å². The van der Waals surface area contributed by atoms with Crippen LogP contribution in [0.3, 0.4) is 0 Å². The van der Waals surface area contributed by atoms with Crippen molar-refractivity contribution in [2.45, 2.75) is 106 Å². The van der Waals surface area contributed by atoms with Gasteiger partial charge < -0.3 is 14.3 Å². The van der Waals surface area contributed by atoms with E-state index in [1.54, 1.807) is 0 Å². The number of rotatable bonds is 18. The first-order valence-electron chi connectivity index (χ1n) is 9.83. The van der Waals surface area contributed by atoms with E-state index in [9.17, 15) is 9.46 Å². The predicted molar refractivity (Wildman–Crippen MR) is 112 cm³/mol. The maximum absolute atomic E-state index is 10.4. The summed E-state index contributed by atoms with van der Waals surface area (Å²) >= 11 is 7.64. The van der Waals surface area contributed by atoms with E-state index in [-0.39, 0.29) is 6.61 Å². The van der Waals surface area contributed by atoms with Crippen molar-refractivity contribution in [1.29, 1.82) is 0 Å². The molecule has 7 heteroatoms. The molecule has 0 bridgehead atoms. The standard InChI is InChI=1S/C18H37Br2O4P/c1-2-3-4-5-8-11-14-17(19)18(20)15-12-9-6-7-10-13-16-24-25(21,22)23/h17-18H,2-16H2,1H3,(H2,21,22,23)/p-1. The Kier molecular flexibility index (Phi) is 17.9. The molecular formula is C18H36Br2O4P-. The third-order valence-electron chi connectivity index (χ3n) is 4.35. The van der Waals surface area contributed by atoms with Gasteiger partial charge in [-0.25, -0.2) is 0 Å². The Balaban J connectivity index is 3.38. The SMILES string of the molecule is CCCCCCCCC(Br)C(Br)CCCCCCCCOP(=O)([O-])O. The fourth-order valence-electron chi connectivity index (χ4n) is 2.81. The van der Waals surface area contributed by atoms with Gasteiger partial charge in [0.2, 0.25) is 0 Å². The highest BCUT2D eigenvalue weighted by atomic mass is 79.9. The van der Waals surface area contributed by atoms with Crippen molar-refractivity contribution in [3.05, 3.63) is 0 Å². The van der Waals surface area contributed by atoms with Gasteiger partial charge in [0, 0.05) is 9.65 Å². The van der Waals surface area contributed by atoms with Crippen LogP contribution in [-0.4, -0.2) is 21.2 Å². The van der Waals surface area contributed by atoms with Gasteiger partial charge >= 0.3 is 0 Å². The van der Waals surface area contributed by atoms with Crippen molar-refractivity contribution in [3.8, 4) is 0 Å². The van der Waals surface area contributed by atoms with Crippen LogP contribution in [0.5, 0.6) is 0 Å². The molecular weight excluding hydrogens is 471 g/mol. The summed E-state index contributed by atoms with van der Waals surface area (Å²) in [5, 5.41) is 0. The number of phosphoric ester groups is 1. The van der Waals surface area contributed by atoms with Crippen LogP contribution >= 0.6 is 39.7 Å².